The number of hydrogen-bond acceptors (Lipinski definition) is 5. The number of likely N-dealkylation sites (N-methyl/N-ethyl adjacent to an activating group) is 1. The molecule has 0 radical (unpaired) electrons. The third kappa shape index (κ3) is 5.87. The molecule has 1 heterocycles. The van der Waals surface area contributed by atoms with Gasteiger partial charge in [0.15, 0.2) is 0 Å². The molecule has 1 rings (SSSR count). The number of aromatic nitrogens is 2. The Morgan fingerprint density at radius 3 is 2.53 bits per heavy atom. The van der Waals surface area contributed by atoms with E-state index in [1.54, 1.807) is 6.20 Å². The summed E-state index contributed by atoms with van der Waals surface area (Å²) in [7, 11) is 4.18. The quantitative estimate of drug-likeness (QED) is 0.778. The van der Waals surface area contributed by atoms with Gasteiger partial charge in [0.2, 0.25) is 0 Å². The molecular formula is C14H27N5. The van der Waals surface area contributed by atoms with Crippen LogP contribution in [0.4, 0.5) is 11.6 Å². The van der Waals surface area contributed by atoms with E-state index in [0.29, 0.717) is 5.92 Å². The van der Waals surface area contributed by atoms with E-state index in [1.807, 2.05) is 6.20 Å². The first-order valence-electron chi connectivity index (χ1n) is 6.98. The molecule has 1 aromatic rings. The van der Waals surface area contributed by atoms with Gasteiger partial charge in [-0.15, -0.1) is 0 Å². The SMILES string of the molecule is CCNc1cncc(N(CCN(C)C)CC(C)C)n1. The second kappa shape index (κ2) is 7.94. The van der Waals surface area contributed by atoms with Crippen molar-refractivity contribution in [3.63, 3.8) is 0 Å². The molecule has 0 aromatic carbocycles. The highest BCUT2D eigenvalue weighted by atomic mass is 15.2. The number of anilines is 2. The molecule has 0 fully saturated rings. The molecule has 0 atom stereocenters. The van der Waals surface area contributed by atoms with Gasteiger partial charge in [0.05, 0.1) is 12.4 Å². The topological polar surface area (TPSA) is 44.3 Å². The molecule has 1 aromatic heterocycles. The average Bonchev–Trinajstić information content (AvgIpc) is 2.34. The Morgan fingerprint density at radius 2 is 1.95 bits per heavy atom. The van der Waals surface area contributed by atoms with Crippen LogP contribution in [0, 0.1) is 5.92 Å². The number of hydrogen-bond donors (Lipinski definition) is 1. The van der Waals surface area contributed by atoms with Gasteiger partial charge in [-0.2, -0.15) is 0 Å². The zero-order valence-corrected chi connectivity index (χ0v) is 12.8. The van der Waals surface area contributed by atoms with Gasteiger partial charge < -0.3 is 15.1 Å². The van der Waals surface area contributed by atoms with Crippen molar-refractivity contribution in [2.45, 2.75) is 20.8 Å². The van der Waals surface area contributed by atoms with Crippen LogP contribution in [0.5, 0.6) is 0 Å². The summed E-state index contributed by atoms with van der Waals surface area (Å²) < 4.78 is 0. The molecule has 108 valence electrons. The fraction of sp³-hybridized carbons (Fsp3) is 0.714. The highest BCUT2D eigenvalue weighted by Gasteiger charge is 2.11. The van der Waals surface area contributed by atoms with Crippen molar-refractivity contribution in [2.75, 3.05) is 50.5 Å². The highest BCUT2D eigenvalue weighted by Crippen LogP contribution is 2.14. The predicted molar refractivity (Wildman–Crippen MR) is 81.8 cm³/mol. The van der Waals surface area contributed by atoms with Crippen LogP contribution in [0.15, 0.2) is 12.4 Å². The fourth-order valence-electron chi connectivity index (χ4n) is 1.84. The smallest absolute Gasteiger partial charge is 0.149 e. The van der Waals surface area contributed by atoms with Crippen molar-refractivity contribution in [3.05, 3.63) is 12.4 Å². The minimum atomic E-state index is 0.603. The van der Waals surface area contributed by atoms with Crippen LogP contribution in [0.2, 0.25) is 0 Å². The van der Waals surface area contributed by atoms with Gasteiger partial charge in [-0.25, -0.2) is 4.98 Å². The molecule has 0 aliphatic heterocycles. The van der Waals surface area contributed by atoms with Crippen LogP contribution in [0.1, 0.15) is 20.8 Å². The maximum atomic E-state index is 4.63. The fourth-order valence-corrected chi connectivity index (χ4v) is 1.84. The van der Waals surface area contributed by atoms with E-state index in [9.17, 15) is 0 Å². The normalized spacial score (nSPS) is 11.1. The molecule has 5 nitrogen and oxygen atoms in total. The first kappa shape index (κ1) is 15.7. The lowest BCUT2D eigenvalue weighted by Gasteiger charge is -2.27. The summed E-state index contributed by atoms with van der Waals surface area (Å²) in [6.45, 7) is 10.4. The monoisotopic (exact) mass is 265 g/mol. The zero-order valence-electron chi connectivity index (χ0n) is 12.8. The number of nitrogens with one attached hydrogen (secondary N) is 1. The summed E-state index contributed by atoms with van der Waals surface area (Å²) in [6.07, 6.45) is 3.62. The molecule has 0 aliphatic rings. The molecular weight excluding hydrogens is 238 g/mol. The summed E-state index contributed by atoms with van der Waals surface area (Å²) in [5.41, 5.74) is 0. The minimum absolute atomic E-state index is 0.603. The van der Waals surface area contributed by atoms with Gasteiger partial charge in [-0.05, 0) is 26.9 Å². The Balaban J connectivity index is 2.79. The molecule has 0 aliphatic carbocycles. The van der Waals surface area contributed by atoms with Crippen molar-refractivity contribution in [1.82, 2.24) is 14.9 Å². The first-order chi connectivity index (χ1) is 9.02. The average molecular weight is 265 g/mol. The number of nitrogens with zero attached hydrogens (tertiary/aromatic N) is 4. The lowest BCUT2D eigenvalue weighted by Crippen LogP contribution is -2.35. The van der Waals surface area contributed by atoms with Crippen LogP contribution in [-0.2, 0) is 0 Å². The van der Waals surface area contributed by atoms with Crippen LogP contribution < -0.4 is 10.2 Å². The van der Waals surface area contributed by atoms with Gasteiger partial charge >= 0.3 is 0 Å². The van der Waals surface area contributed by atoms with Crippen molar-refractivity contribution in [3.8, 4) is 0 Å². The Bertz CT molecular complexity index is 365. The van der Waals surface area contributed by atoms with Crippen LogP contribution in [-0.4, -0.2) is 55.1 Å². The molecule has 0 amide bonds. The van der Waals surface area contributed by atoms with Crippen molar-refractivity contribution in [2.24, 2.45) is 5.92 Å². The molecule has 0 spiro atoms. The van der Waals surface area contributed by atoms with E-state index in [-0.39, 0.29) is 0 Å². The van der Waals surface area contributed by atoms with Gasteiger partial charge in [0, 0.05) is 26.2 Å². The summed E-state index contributed by atoms with van der Waals surface area (Å²) in [5, 5.41) is 3.21. The third-order valence-corrected chi connectivity index (χ3v) is 2.71. The van der Waals surface area contributed by atoms with E-state index in [0.717, 1.165) is 37.8 Å². The van der Waals surface area contributed by atoms with E-state index < -0.39 is 0 Å². The predicted octanol–water partition coefficient (Wildman–Crippen LogP) is 1.93. The van der Waals surface area contributed by atoms with Crippen LogP contribution in [0.3, 0.4) is 0 Å². The van der Waals surface area contributed by atoms with Crippen molar-refractivity contribution >= 4 is 11.6 Å². The summed E-state index contributed by atoms with van der Waals surface area (Å²) in [4.78, 5) is 13.4. The van der Waals surface area contributed by atoms with E-state index >= 15 is 0 Å². The number of rotatable bonds is 8. The van der Waals surface area contributed by atoms with Crippen molar-refractivity contribution < 1.29 is 0 Å². The minimum Gasteiger partial charge on any atom is -0.369 e. The van der Waals surface area contributed by atoms with E-state index in [2.05, 4.69) is 60.0 Å². The lowest BCUT2D eigenvalue weighted by molar-refractivity contribution is 0.408. The Labute approximate surface area is 117 Å². The molecule has 0 unspecified atom stereocenters. The van der Waals surface area contributed by atoms with Crippen molar-refractivity contribution in [1.29, 1.82) is 0 Å². The lowest BCUT2D eigenvalue weighted by atomic mass is 10.2. The van der Waals surface area contributed by atoms with Crippen LogP contribution >= 0.6 is 0 Å². The summed E-state index contributed by atoms with van der Waals surface area (Å²) >= 11 is 0. The Morgan fingerprint density at radius 1 is 1.21 bits per heavy atom. The summed E-state index contributed by atoms with van der Waals surface area (Å²) in [6, 6.07) is 0. The summed E-state index contributed by atoms with van der Waals surface area (Å²) in [5.74, 6) is 2.40. The van der Waals surface area contributed by atoms with E-state index in [1.165, 1.54) is 0 Å². The van der Waals surface area contributed by atoms with E-state index in [4.69, 9.17) is 0 Å². The third-order valence-electron chi connectivity index (χ3n) is 2.71. The standard InChI is InChI=1S/C14H27N5/c1-6-16-13-9-15-10-14(17-13)19(11-12(2)3)8-7-18(4)5/h9-10,12H,6-8,11H2,1-5H3,(H,16,17). The Kier molecular flexibility index (Phi) is 6.56. The maximum Gasteiger partial charge on any atom is 0.149 e. The maximum absolute atomic E-state index is 4.63. The van der Waals surface area contributed by atoms with Crippen LogP contribution in [0.25, 0.3) is 0 Å². The molecule has 0 bridgehead atoms. The largest absolute Gasteiger partial charge is 0.369 e. The molecule has 0 saturated carbocycles. The molecule has 1 N–H and O–H groups in total. The van der Waals surface area contributed by atoms with Gasteiger partial charge in [-0.1, -0.05) is 13.8 Å². The van der Waals surface area contributed by atoms with Gasteiger partial charge in [0.1, 0.15) is 11.6 Å². The molecule has 5 heteroatoms. The van der Waals surface area contributed by atoms with Gasteiger partial charge in [-0.3, -0.25) is 4.98 Å². The second-order valence-corrected chi connectivity index (χ2v) is 5.44. The first-order valence-corrected chi connectivity index (χ1v) is 6.98. The zero-order chi connectivity index (χ0) is 14.3. The second-order valence-electron chi connectivity index (χ2n) is 5.44. The molecule has 0 saturated heterocycles. The Hall–Kier alpha value is -1.36. The van der Waals surface area contributed by atoms with Gasteiger partial charge in [0.25, 0.3) is 0 Å². The highest BCUT2D eigenvalue weighted by molar-refractivity contribution is 5.43. The molecule has 19 heavy (non-hydrogen) atoms.